The van der Waals surface area contributed by atoms with E-state index in [1.165, 1.54) is 51.4 Å². The van der Waals surface area contributed by atoms with Crippen molar-refractivity contribution in [2.45, 2.75) is 75.9 Å². The molecule has 0 heterocycles. The van der Waals surface area contributed by atoms with Crippen molar-refractivity contribution >= 4 is 0 Å². The maximum atomic E-state index is 9.50. The summed E-state index contributed by atoms with van der Waals surface area (Å²) < 4.78 is 5.97. The molecule has 18 heavy (non-hydrogen) atoms. The normalized spacial score (nSPS) is 25.2. The van der Waals surface area contributed by atoms with Gasteiger partial charge >= 0.3 is 0 Å². The Morgan fingerprint density at radius 1 is 1.00 bits per heavy atom. The first-order valence-electron chi connectivity index (χ1n) is 7.82. The molecule has 0 aromatic rings. The van der Waals surface area contributed by atoms with Crippen LogP contribution in [0, 0.1) is 0 Å². The molecule has 2 aliphatic rings. The summed E-state index contributed by atoms with van der Waals surface area (Å²) in [5.41, 5.74) is 0.00676. The van der Waals surface area contributed by atoms with Gasteiger partial charge in [0.2, 0.25) is 0 Å². The van der Waals surface area contributed by atoms with E-state index in [1.54, 1.807) is 0 Å². The first kappa shape index (κ1) is 14.3. The van der Waals surface area contributed by atoms with Gasteiger partial charge in [-0.05, 0) is 25.7 Å². The van der Waals surface area contributed by atoms with Crippen LogP contribution in [-0.4, -0.2) is 36.5 Å². The van der Waals surface area contributed by atoms with E-state index >= 15 is 0 Å². The van der Waals surface area contributed by atoms with Gasteiger partial charge in [-0.2, -0.15) is 0 Å². The second kappa shape index (κ2) is 7.46. The van der Waals surface area contributed by atoms with Crippen LogP contribution in [-0.2, 0) is 4.74 Å². The van der Waals surface area contributed by atoms with Gasteiger partial charge in [0, 0.05) is 12.1 Å². The van der Waals surface area contributed by atoms with Crippen LogP contribution >= 0.6 is 0 Å². The summed E-state index contributed by atoms with van der Waals surface area (Å²) >= 11 is 0. The largest absolute Gasteiger partial charge is 0.394 e. The van der Waals surface area contributed by atoms with Gasteiger partial charge in [0.05, 0.1) is 19.3 Å². The van der Waals surface area contributed by atoms with Crippen molar-refractivity contribution in [3.05, 3.63) is 0 Å². The number of aliphatic hydroxyl groups is 1. The first-order chi connectivity index (χ1) is 8.85. The summed E-state index contributed by atoms with van der Waals surface area (Å²) in [5, 5.41) is 13.0. The minimum Gasteiger partial charge on any atom is -0.394 e. The molecule has 0 saturated heterocycles. The van der Waals surface area contributed by atoms with E-state index in [4.69, 9.17) is 4.74 Å². The predicted molar refractivity (Wildman–Crippen MR) is 73.7 cm³/mol. The molecule has 0 aromatic carbocycles. The Kier molecular flexibility index (Phi) is 5.93. The minimum absolute atomic E-state index is 0.00676. The second-order valence-corrected chi connectivity index (χ2v) is 6.06. The molecule has 3 nitrogen and oxygen atoms in total. The number of hydrogen-bond donors (Lipinski definition) is 2. The fourth-order valence-corrected chi connectivity index (χ4v) is 3.39. The molecule has 2 saturated carbocycles. The highest BCUT2D eigenvalue weighted by molar-refractivity contribution is 4.91. The molecule has 2 fully saturated rings. The van der Waals surface area contributed by atoms with Gasteiger partial charge in [0.15, 0.2) is 0 Å². The minimum atomic E-state index is 0.00676. The topological polar surface area (TPSA) is 41.5 Å². The van der Waals surface area contributed by atoms with Crippen LogP contribution in [0.1, 0.15) is 64.2 Å². The zero-order valence-corrected chi connectivity index (χ0v) is 11.6. The average Bonchev–Trinajstić information content (AvgIpc) is 2.72. The Hall–Kier alpha value is -0.120. The lowest BCUT2D eigenvalue weighted by Crippen LogP contribution is -2.47. The summed E-state index contributed by atoms with van der Waals surface area (Å²) in [4.78, 5) is 0. The van der Waals surface area contributed by atoms with Crippen LogP contribution in [0.4, 0.5) is 0 Å². The Labute approximate surface area is 111 Å². The number of ether oxygens (including phenoxy) is 1. The molecule has 2 N–H and O–H groups in total. The highest BCUT2D eigenvalue weighted by Gasteiger charge is 2.32. The molecular weight excluding hydrogens is 226 g/mol. The number of rotatable bonds is 6. The van der Waals surface area contributed by atoms with Gasteiger partial charge in [-0.15, -0.1) is 0 Å². The van der Waals surface area contributed by atoms with E-state index in [0.717, 1.165) is 26.0 Å². The zero-order valence-electron chi connectivity index (χ0n) is 11.6. The molecule has 3 heteroatoms. The molecule has 2 rings (SSSR count). The highest BCUT2D eigenvalue weighted by atomic mass is 16.5. The first-order valence-corrected chi connectivity index (χ1v) is 7.82. The van der Waals surface area contributed by atoms with Gasteiger partial charge in [-0.25, -0.2) is 0 Å². The van der Waals surface area contributed by atoms with E-state index in [9.17, 15) is 5.11 Å². The lowest BCUT2D eigenvalue weighted by molar-refractivity contribution is 0.0388. The molecule has 106 valence electrons. The van der Waals surface area contributed by atoms with Crippen LogP contribution in [0.2, 0.25) is 0 Å². The summed E-state index contributed by atoms with van der Waals surface area (Å²) in [5.74, 6) is 0. The molecule has 0 radical (unpaired) electrons. The third kappa shape index (κ3) is 4.22. The number of aliphatic hydroxyl groups excluding tert-OH is 1. The predicted octanol–water partition coefficient (Wildman–Crippen LogP) is 2.62. The van der Waals surface area contributed by atoms with Crippen molar-refractivity contribution < 1.29 is 9.84 Å². The lowest BCUT2D eigenvalue weighted by atomic mass is 9.99. The average molecular weight is 255 g/mol. The van der Waals surface area contributed by atoms with E-state index in [1.807, 2.05) is 0 Å². The highest BCUT2D eigenvalue weighted by Crippen LogP contribution is 2.28. The summed E-state index contributed by atoms with van der Waals surface area (Å²) in [6, 6.07) is 0. The van der Waals surface area contributed by atoms with E-state index < -0.39 is 0 Å². The summed E-state index contributed by atoms with van der Waals surface area (Å²) in [6.07, 6.45) is 13.1. The van der Waals surface area contributed by atoms with Crippen molar-refractivity contribution in [3.8, 4) is 0 Å². The Morgan fingerprint density at radius 3 is 2.28 bits per heavy atom. The Balaban J connectivity index is 1.59. The molecule has 0 aliphatic heterocycles. The molecule has 2 aliphatic carbocycles. The summed E-state index contributed by atoms with van der Waals surface area (Å²) in [6.45, 7) is 1.96. The smallest absolute Gasteiger partial charge is 0.0613 e. The lowest BCUT2D eigenvalue weighted by Gasteiger charge is -2.28. The number of hydrogen-bond acceptors (Lipinski definition) is 3. The maximum Gasteiger partial charge on any atom is 0.0613 e. The molecule has 0 spiro atoms. The molecule has 0 amide bonds. The van der Waals surface area contributed by atoms with Crippen LogP contribution in [0.3, 0.4) is 0 Å². The Morgan fingerprint density at radius 2 is 1.67 bits per heavy atom. The molecule has 0 unspecified atom stereocenters. The van der Waals surface area contributed by atoms with Crippen LogP contribution < -0.4 is 5.32 Å². The van der Waals surface area contributed by atoms with Gasteiger partial charge in [-0.1, -0.05) is 38.5 Å². The monoisotopic (exact) mass is 255 g/mol. The Bertz CT molecular complexity index is 219. The van der Waals surface area contributed by atoms with Gasteiger partial charge < -0.3 is 15.2 Å². The quantitative estimate of drug-likeness (QED) is 0.566. The second-order valence-electron chi connectivity index (χ2n) is 6.06. The van der Waals surface area contributed by atoms with E-state index in [2.05, 4.69) is 5.32 Å². The number of nitrogens with one attached hydrogen (secondary N) is 1. The van der Waals surface area contributed by atoms with E-state index in [-0.39, 0.29) is 12.1 Å². The molecular formula is C15H29NO2. The maximum absolute atomic E-state index is 9.50. The van der Waals surface area contributed by atoms with Gasteiger partial charge in [0.1, 0.15) is 0 Å². The molecule has 0 bridgehead atoms. The SMILES string of the molecule is OCC1(NCCOC2CCCCCC2)CCCC1. The van der Waals surface area contributed by atoms with Crippen LogP contribution in [0.5, 0.6) is 0 Å². The fourth-order valence-electron chi connectivity index (χ4n) is 3.39. The van der Waals surface area contributed by atoms with Crippen LogP contribution in [0.15, 0.2) is 0 Å². The van der Waals surface area contributed by atoms with Crippen molar-refractivity contribution in [1.29, 1.82) is 0 Å². The third-order valence-electron chi connectivity index (χ3n) is 4.62. The third-order valence-corrected chi connectivity index (χ3v) is 4.62. The molecule has 0 aromatic heterocycles. The van der Waals surface area contributed by atoms with Crippen molar-refractivity contribution in [3.63, 3.8) is 0 Å². The molecule has 0 atom stereocenters. The standard InChI is InChI=1S/C15H29NO2/c17-13-15(9-5-6-10-15)16-11-12-18-14-7-3-1-2-4-8-14/h14,16-17H,1-13H2. The van der Waals surface area contributed by atoms with Gasteiger partial charge in [0.25, 0.3) is 0 Å². The van der Waals surface area contributed by atoms with Gasteiger partial charge in [-0.3, -0.25) is 0 Å². The zero-order chi connectivity index (χ0) is 12.7. The van der Waals surface area contributed by atoms with E-state index in [0.29, 0.717) is 6.10 Å². The van der Waals surface area contributed by atoms with Crippen molar-refractivity contribution in [1.82, 2.24) is 5.32 Å². The summed E-state index contributed by atoms with van der Waals surface area (Å²) in [7, 11) is 0. The van der Waals surface area contributed by atoms with Crippen molar-refractivity contribution in [2.75, 3.05) is 19.8 Å². The van der Waals surface area contributed by atoms with Crippen molar-refractivity contribution in [2.24, 2.45) is 0 Å². The van der Waals surface area contributed by atoms with Crippen LogP contribution in [0.25, 0.3) is 0 Å². The fraction of sp³-hybridized carbons (Fsp3) is 1.00.